The fraction of sp³-hybridized carbons (Fsp3) is 0.0417. The molecule has 3 aromatic carbocycles. The van der Waals surface area contributed by atoms with Crippen LogP contribution in [0.1, 0.15) is 16.7 Å². The van der Waals surface area contributed by atoms with Crippen LogP contribution in [0.3, 0.4) is 0 Å². The van der Waals surface area contributed by atoms with Crippen LogP contribution in [0.4, 0.5) is 21.5 Å². The van der Waals surface area contributed by atoms with Crippen LogP contribution in [0.15, 0.2) is 60.8 Å². The normalized spacial score (nSPS) is 11.3. The third kappa shape index (κ3) is 4.54. The Bertz CT molecular complexity index is 1450. The van der Waals surface area contributed by atoms with Gasteiger partial charge in [0.2, 0.25) is 0 Å². The number of H-pyrrole nitrogens is 1. The number of anilines is 3. The summed E-state index contributed by atoms with van der Waals surface area (Å²) in [5.41, 5.74) is 10.1. The predicted octanol–water partition coefficient (Wildman–Crippen LogP) is 4.60. The highest BCUT2D eigenvalue weighted by molar-refractivity contribution is 6.33. The number of hydrogen-bond acceptors (Lipinski definition) is 7. The molecule has 0 saturated carbocycles. The molecule has 34 heavy (non-hydrogen) atoms. The predicted molar refractivity (Wildman–Crippen MR) is 133 cm³/mol. The summed E-state index contributed by atoms with van der Waals surface area (Å²) in [7, 11) is 0. The van der Waals surface area contributed by atoms with Crippen molar-refractivity contribution in [1.82, 2.24) is 15.5 Å². The van der Waals surface area contributed by atoms with Crippen molar-refractivity contribution in [1.29, 1.82) is 10.7 Å². The molecule has 10 heteroatoms. The summed E-state index contributed by atoms with van der Waals surface area (Å²) in [5.74, 6) is 5.89. The summed E-state index contributed by atoms with van der Waals surface area (Å²) in [6.07, 6.45) is 4.31. The van der Waals surface area contributed by atoms with E-state index in [0.29, 0.717) is 38.9 Å². The van der Waals surface area contributed by atoms with Crippen LogP contribution >= 0.6 is 11.6 Å². The molecule has 170 valence electrons. The van der Waals surface area contributed by atoms with E-state index in [4.69, 9.17) is 33.8 Å². The van der Waals surface area contributed by atoms with Crippen LogP contribution in [0, 0.1) is 22.6 Å². The van der Waals surface area contributed by atoms with E-state index in [0.717, 1.165) is 17.1 Å². The molecule has 0 unspecified atom stereocenters. The largest absolute Gasteiger partial charge is 0.397 e. The number of aromatic amines is 1. The number of nitrogens with zero attached hydrogens (tertiary/aromatic N) is 3. The number of allylic oxidation sites excluding steroid dienone is 1. The number of rotatable bonds is 7. The van der Waals surface area contributed by atoms with Gasteiger partial charge >= 0.3 is 0 Å². The van der Waals surface area contributed by atoms with Crippen LogP contribution in [-0.4, -0.2) is 16.4 Å². The molecule has 0 bridgehead atoms. The van der Waals surface area contributed by atoms with Gasteiger partial charge in [-0.25, -0.2) is 10.2 Å². The highest BCUT2D eigenvalue weighted by Gasteiger charge is 2.16. The summed E-state index contributed by atoms with van der Waals surface area (Å²) in [4.78, 5) is 0. The van der Waals surface area contributed by atoms with Crippen molar-refractivity contribution in [2.75, 3.05) is 10.7 Å². The van der Waals surface area contributed by atoms with E-state index >= 15 is 0 Å². The van der Waals surface area contributed by atoms with Crippen LogP contribution in [0.5, 0.6) is 0 Å². The number of aromatic nitrogens is 2. The average Bonchev–Trinajstić information content (AvgIpc) is 3.30. The highest BCUT2D eigenvalue weighted by Crippen LogP contribution is 2.35. The minimum atomic E-state index is -0.507. The lowest BCUT2D eigenvalue weighted by Crippen LogP contribution is -2.26. The van der Waals surface area contributed by atoms with E-state index in [-0.39, 0.29) is 12.1 Å². The molecule has 0 saturated heterocycles. The first-order chi connectivity index (χ1) is 16.4. The van der Waals surface area contributed by atoms with Gasteiger partial charge < -0.3 is 16.5 Å². The molecule has 7 N–H and O–H groups in total. The Kier molecular flexibility index (Phi) is 6.45. The molecule has 1 aromatic heterocycles. The van der Waals surface area contributed by atoms with Gasteiger partial charge in [-0.05, 0) is 48.5 Å². The van der Waals surface area contributed by atoms with Gasteiger partial charge in [0.15, 0.2) is 0 Å². The molecule has 0 fully saturated rings. The van der Waals surface area contributed by atoms with Crippen molar-refractivity contribution in [3.8, 4) is 6.07 Å². The lowest BCUT2D eigenvalue weighted by atomic mass is 10.1. The Morgan fingerprint density at radius 3 is 2.82 bits per heavy atom. The van der Waals surface area contributed by atoms with E-state index in [1.54, 1.807) is 18.3 Å². The number of fused-ring (bicyclic) bond motifs is 1. The smallest absolute Gasteiger partial charge is 0.129 e. The van der Waals surface area contributed by atoms with Crippen LogP contribution < -0.4 is 21.9 Å². The Labute approximate surface area is 199 Å². The lowest BCUT2D eigenvalue weighted by molar-refractivity contribution is 0.604. The molecule has 0 aliphatic rings. The molecule has 0 amide bonds. The van der Waals surface area contributed by atoms with Gasteiger partial charge in [0.05, 0.1) is 45.4 Å². The Morgan fingerprint density at radius 1 is 1.26 bits per heavy atom. The monoisotopic (exact) mass is 474 g/mol. The SMILES string of the molecule is N#Cc1ccc(CN/C(=C\C=N)c2cc(N(N)c3ccc4cn[nH]c4c3)c(N)cc2Cl)c(F)c1. The lowest BCUT2D eigenvalue weighted by Gasteiger charge is -2.23. The third-order valence-electron chi connectivity index (χ3n) is 5.27. The van der Waals surface area contributed by atoms with E-state index in [1.807, 2.05) is 24.3 Å². The van der Waals surface area contributed by atoms with E-state index in [1.165, 1.54) is 29.3 Å². The maximum absolute atomic E-state index is 14.3. The summed E-state index contributed by atoms with van der Waals surface area (Å²) in [6, 6.07) is 15.0. The Balaban J connectivity index is 1.66. The molecular formula is C24H20ClFN8. The number of nitrogens with one attached hydrogen (secondary N) is 3. The summed E-state index contributed by atoms with van der Waals surface area (Å²) in [5, 5.41) is 29.2. The molecule has 0 aliphatic heterocycles. The first-order valence-corrected chi connectivity index (χ1v) is 10.5. The first-order valence-electron chi connectivity index (χ1n) is 10.1. The van der Waals surface area contributed by atoms with Crippen molar-refractivity contribution in [3.05, 3.63) is 88.3 Å². The van der Waals surface area contributed by atoms with Gasteiger partial charge in [-0.15, -0.1) is 0 Å². The maximum atomic E-state index is 14.3. The number of nitrogens with two attached hydrogens (primary N) is 2. The minimum Gasteiger partial charge on any atom is -0.397 e. The summed E-state index contributed by atoms with van der Waals surface area (Å²) in [6.45, 7) is 0.107. The molecule has 0 radical (unpaired) electrons. The Morgan fingerprint density at radius 2 is 2.09 bits per heavy atom. The standard InChI is InChI=1S/C24H20ClFN8/c25-19-10-21(29)24(34(30)17-4-3-16-13-32-33-23(16)8-17)9-18(19)22(5-6-27)31-12-15-2-1-14(11-28)7-20(15)26/h1-10,13,27,31H,12,29-30H2,(H,32,33)/b22-5-,27-6?. The number of nitrogen functional groups attached to an aromatic ring is 1. The highest BCUT2D eigenvalue weighted by atomic mass is 35.5. The second-order valence-corrected chi connectivity index (χ2v) is 7.83. The van der Waals surface area contributed by atoms with Gasteiger partial charge in [0.1, 0.15) is 5.82 Å². The molecule has 8 nitrogen and oxygen atoms in total. The topological polar surface area (TPSA) is 144 Å². The van der Waals surface area contributed by atoms with E-state index < -0.39 is 5.82 Å². The summed E-state index contributed by atoms with van der Waals surface area (Å²) < 4.78 is 14.3. The molecule has 4 rings (SSSR count). The van der Waals surface area contributed by atoms with Gasteiger partial charge in [0, 0.05) is 35.0 Å². The molecule has 4 aromatic rings. The molecular weight excluding hydrogens is 455 g/mol. The Hall–Kier alpha value is -4.39. The van der Waals surface area contributed by atoms with Crippen molar-refractivity contribution in [2.45, 2.75) is 6.54 Å². The second kappa shape index (κ2) is 9.62. The minimum absolute atomic E-state index is 0.107. The maximum Gasteiger partial charge on any atom is 0.129 e. The fourth-order valence-corrected chi connectivity index (χ4v) is 3.76. The zero-order chi connectivity index (χ0) is 24.2. The molecule has 0 aliphatic carbocycles. The molecule has 0 atom stereocenters. The third-order valence-corrected chi connectivity index (χ3v) is 5.58. The van der Waals surface area contributed by atoms with Crippen LogP contribution in [0.2, 0.25) is 5.02 Å². The van der Waals surface area contributed by atoms with Gasteiger partial charge in [-0.1, -0.05) is 17.7 Å². The van der Waals surface area contributed by atoms with Gasteiger partial charge in [0.25, 0.3) is 0 Å². The first kappa shape index (κ1) is 22.8. The fourth-order valence-electron chi connectivity index (χ4n) is 3.48. The zero-order valence-electron chi connectivity index (χ0n) is 17.8. The molecule has 1 heterocycles. The van der Waals surface area contributed by atoms with E-state index in [9.17, 15) is 4.39 Å². The number of hydrogen-bond donors (Lipinski definition) is 5. The van der Waals surface area contributed by atoms with Crippen LogP contribution in [-0.2, 0) is 6.54 Å². The van der Waals surface area contributed by atoms with Crippen molar-refractivity contribution < 1.29 is 4.39 Å². The number of benzene rings is 3. The van der Waals surface area contributed by atoms with Gasteiger partial charge in [-0.3, -0.25) is 10.1 Å². The average molecular weight is 475 g/mol. The molecule has 0 spiro atoms. The number of nitriles is 1. The van der Waals surface area contributed by atoms with Crippen LogP contribution in [0.25, 0.3) is 16.6 Å². The van der Waals surface area contributed by atoms with Crippen molar-refractivity contribution >= 4 is 51.5 Å². The second-order valence-electron chi connectivity index (χ2n) is 7.42. The van der Waals surface area contributed by atoms with E-state index in [2.05, 4.69) is 15.5 Å². The van der Waals surface area contributed by atoms with Crippen molar-refractivity contribution in [2.24, 2.45) is 5.84 Å². The van der Waals surface area contributed by atoms with Gasteiger partial charge in [-0.2, -0.15) is 10.4 Å². The summed E-state index contributed by atoms with van der Waals surface area (Å²) >= 11 is 6.48. The quantitative estimate of drug-likeness (QED) is 0.114. The zero-order valence-corrected chi connectivity index (χ0v) is 18.6. The number of halogens is 2. The van der Waals surface area contributed by atoms with Crippen molar-refractivity contribution in [3.63, 3.8) is 0 Å². The number of hydrazine groups is 1.